The van der Waals surface area contributed by atoms with E-state index in [1.807, 2.05) is 49.4 Å². The van der Waals surface area contributed by atoms with Crippen molar-refractivity contribution in [1.82, 2.24) is 5.32 Å². The standard InChI is InChI=1S/C23H24ClNO3/c1-14-3-4-16(15-5-7-17(24)8-6-15)13-19(14)20-21(26)23(25-22(20)27)11-9-18(28-2)10-12-23/h3-8,13,18,26H,9-12H2,1-2H3,(H,25,27)/t18-,23+. The minimum Gasteiger partial charge on any atom is -0.509 e. The molecule has 1 aliphatic heterocycles. The normalized spacial score (nSPS) is 24.7. The van der Waals surface area contributed by atoms with Crippen LogP contribution in [0, 0.1) is 6.92 Å². The van der Waals surface area contributed by atoms with Gasteiger partial charge in [0.15, 0.2) is 0 Å². The van der Waals surface area contributed by atoms with E-state index in [0.29, 0.717) is 23.4 Å². The summed E-state index contributed by atoms with van der Waals surface area (Å²) in [6, 6.07) is 13.6. The van der Waals surface area contributed by atoms with Crippen molar-refractivity contribution in [2.75, 3.05) is 7.11 Å². The molecule has 1 spiro atoms. The maximum atomic E-state index is 12.9. The fourth-order valence-electron chi connectivity index (χ4n) is 4.33. The van der Waals surface area contributed by atoms with Gasteiger partial charge in [-0.2, -0.15) is 0 Å². The van der Waals surface area contributed by atoms with Crippen LogP contribution in [-0.4, -0.2) is 29.8 Å². The van der Waals surface area contributed by atoms with Crippen LogP contribution in [0.2, 0.25) is 5.02 Å². The van der Waals surface area contributed by atoms with Crippen molar-refractivity contribution in [3.8, 4) is 11.1 Å². The summed E-state index contributed by atoms with van der Waals surface area (Å²) in [4.78, 5) is 12.9. The molecule has 1 amide bonds. The first-order chi connectivity index (χ1) is 13.4. The minimum absolute atomic E-state index is 0.170. The third-order valence-electron chi connectivity index (χ3n) is 6.07. The van der Waals surface area contributed by atoms with E-state index in [0.717, 1.165) is 35.1 Å². The lowest BCUT2D eigenvalue weighted by molar-refractivity contribution is -0.116. The van der Waals surface area contributed by atoms with Gasteiger partial charge in [0.2, 0.25) is 0 Å². The van der Waals surface area contributed by atoms with Gasteiger partial charge in [-0.1, -0.05) is 35.9 Å². The van der Waals surface area contributed by atoms with E-state index in [9.17, 15) is 9.90 Å². The molecule has 4 rings (SSSR count). The lowest BCUT2D eigenvalue weighted by atomic mass is 9.79. The molecule has 2 aromatic rings. The zero-order chi connectivity index (χ0) is 19.9. The molecular weight excluding hydrogens is 374 g/mol. The average Bonchev–Trinajstić information content (AvgIpc) is 2.93. The molecule has 28 heavy (non-hydrogen) atoms. The van der Waals surface area contributed by atoms with Crippen molar-refractivity contribution in [1.29, 1.82) is 0 Å². The summed E-state index contributed by atoms with van der Waals surface area (Å²) in [6.07, 6.45) is 3.19. The number of aliphatic hydroxyl groups is 1. The van der Waals surface area contributed by atoms with Crippen LogP contribution in [0.5, 0.6) is 0 Å². The number of amides is 1. The Balaban J connectivity index is 1.74. The number of aliphatic hydroxyl groups excluding tert-OH is 1. The van der Waals surface area contributed by atoms with Crippen molar-refractivity contribution in [3.05, 3.63) is 64.4 Å². The maximum Gasteiger partial charge on any atom is 0.256 e. The van der Waals surface area contributed by atoms with E-state index in [1.54, 1.807) is 7.11 Å². The second kappa shape index (κ2) is 7.26. The lowest BCUT2D eigenvalue weighted by Crippen LogP contribution is -2.48. The van der Waals surface area contributed by atoms with Gasteiger partial charge >= 0.3 is 0 Å². The quantitative estimate of drug-likeness (QED) is 0.762. The van der Waals surface area contributed by atoms with Crippen LogP contribution in [-0.2, 0) is 9.53 Å². The predicted molar refractivity (Wildman–Crippen MR) is 111 cm³/mol. The molecule has 0 atom stereocenters. The van der Waals surface area contributed by atoms with Gasteiger partial charge in [0.25, 0.3) is 5.91 Å². The molecule has 1 heterocycles. The molecule has 5 heteroatoms. The van der Waals surface area contributed by atoms with Gasteiger partial charge in [0.1, 0.15) is 5.76 Å². The molecule has 4 nitrogen and oxygen atoms in total. The molecule has 0 bridgehead atoms. The van der Waals surface area contributed by atoms with Crippen molar-refractivity contribution < 1.29 is 14.6 Å². The number of aryl methyl sites for hydroxylation is 1. The van der Waals surface area contributed by atoms with Gasteiger partial charge in [0, 0.05) is 12.1 Å². The summed E-state index contributed by atoms with van der Waals surface area (Å²) < 4.78 is 5.44. The number of hydrogen-bond donors (Lipinski definition) is 2. The average molecular weight is 398 g/mol. The van der Waals surface area contributed by atoms with E-state index in [4.69, 9.17) is 16.3 Å². The number of hydrogen-bond acceptors (Lipinski definition) is 3. The van der Waals surface area contributed by atoms with E-state index >= 15 is 0 Å². The predicted octanol–water partition coefficient (Wildman–Crippen LogP) is 5.04. The first-order valence-electron chi connectivity index (χ1n) is 9.59. The smallest absolute Gasteiger partial charge is 0.256 e. The van der Waals surface area contributed by atoms with Crippen LogP contribution < -0.4 is 5.32 Å². The van der Waals surface area contributed by atoms with E-state index in [1.165, 1.54) is 0 Å². The summed E-state index contributed by atoms with van der Waals surface area (Å²) >= 11 is 6.00. The summed E-state index contributed by atoms with van der Waals surface area (Å²) in [6.45, 7) is 1.96. The van der Waals surface area contributed by atoms with Crippen LogP contribution in [0.1, 0.15) is 36.8 Å². The second-order valence-electron chi connectivity index (χ2n) is 7.73. The molecule has 1 saturated carbocycles. The largest absolute Gasteiger partial charge is 0.509 e. The molecule has 2 aromatic carbocycles. The lowest BCUT2D eigenvalue weighted by Gasteiger charge is -2.36. The van der Waals surface area contributed by atoms with Crippen LogP contribution in [0.15, 0.2) is 48.2 Å². The van der Waals surface area contributed by atoms with E-state index < -0.39 is 5.54 Å². The SMILES string of the molecule is CO[C@H]1CC[C@]2(CC1)NC(=O)C(c1cc(-c3ccc(Cl)cc3)ccc1C)=C2O. The monoisotopic (exact) mass is 397 g/mol. The van der Waals surface area contributed by atoms with Crippen LogP contribution >= 0.6 is 11.6 Å². The number of methoxy groups -OCH3 is 1. The molecule has 1 aliphatic carbocycles. The molecule has 2 N–H and O–H groups in total. The zero-order valence-corrected chi connectivity index (χ0v) is 16.8. The molecule has 0 radical (unpaired) electrons. The van der Waals surface area contributed by atoms with Gasteiger partial charge in [-0.05, 0) is 73.1 Å². The Hall–Kier alpha value is -2.30. The van der Waals surface area contributed by atoms with Gasteiger partial charge in [-0.25, -0.2) is 0 Å². The number of nitrogens with one attached hydrogen (secondary N) is 1. The van der Waals surface area contributed by atoms with Gasteiger partial charge in [-0.15, -0.1) is 0 Å². The molecule has 1 fully saturated rings. The van der Waals surface area contributed by atoms with E-state index in [-0.39, 0.29) is 17.8 Å². The number of carbonyl (C=O) groups excluding carboxylic acids is 1. The Morgan fingerprint density at radius 2 is 1.75 bits per heavy atom. The molecule has 0 aromatic heterocycles. The van der Waals surface area contributed by atoms with Crippen molar-refractivity contribution in [3.63, 3.8) is 0 Å². The fourth-order valence-corrected chi connectivity index (χ4v) is 4.46. The highest BCUT2D eigenvalue weighted by molar-refractivity contribution is 6.30. The summed E-state index contributed by atoms with van der Waals surface area (Å²) in [5.74, 6) is -0.0341. The van der Waals surface area contributed by atoms with Crippen molar-refractivity contribution in [2.45, 2.75) is 44.2 Å². The highest BCUT2D eigenvalue weighted by atomic mass is 35.5. The van der Waals surface area contributed by atoms with Gasteiger partial charge < -0.3 is 15.2 Å². The van der Waals surface area contributed by atoms with Gasteiger partial charge in [0.05, 0.1) is 17.2 Å². The Kier molecular flexibility index (Phi) is 4.94. The first kappa shape index (κ1) is 19.0. The third kappa shape index (κ3) is 3.21. The number of carbonyl (C=O) groups is 1. The molecule has 0 saturated heterocycles. The topological polar surface area (TPSA) is 58.6 Å². The van der Waals surface area contributed by atoms with Crippen molar-refractivity contribution >= 4 is 23.1 Å². The number of rotatable bonds is 3. The minimum atomic E-state index is -0.663. The van der Waals surface area contributed by atoms with Crippen LogP contribution in [0.25, 0.3) is 16.7 Å². The second-order valence-corrected chi connectivity index (χ2v) is 8.17. The fraction of sp³-hybridized carbons (Fsp3) is 0.348. The Morgan fingerprint density at radius 3 is 2.39 bits per heavy atom. The van der Waals surface area contributed by atoms with Crippen LogP contribution in [0.3, 0.4) is 0 Å². The molecule has 2 aliphatic rings. The van der Waals surface area contributed by atoms with Crippen LogP contribution in [0.4, 0.5) is 0 Å². The Labute approximate surface area is 170 Å². The molecule has 0 unspecified atom stereocenters. The Morgan fingerprint density at radius 1 is 1.11 bits per heavy atom. The van der Waals surface area contributed by atoms with Crippen molar-refractivity contribution in [2.24, 2.45) is 0 Å². The van der Waals surface area contributed by atoms with E-state index in [2.05, 4.69) is 5.32 Å². The molecular formula is C23H24ClNO3. The highest BCUT2D eigenvalue weighted by Gasteiger charge is 2.48. The summed E-state index contributed by atoms with van der Waals surface area (Å²) in [5, 5.41) is 14.9. The van der Waals surface area contributed by atoms with Gasteiger partial charge in [-0.3, -0.25) is 4.79 Å². The third-order valence-corrected chi connectivity index (χ3v) is 6.33. The number of ether oxygens (including phenoxy) is 1. The maximum absolute atomic E-state index is 12.9. The Bertz CT molecular complexity index is 941. The highest BCUT2D eigenvalue weighted by Crippen LogP contribution is 2.42. The zero-order valence-electron chi connectivity index (χ0n) is 16.1. The molecule has 146 valence electrons. The number of halogens is 1. The summed E-state index contributed by atoms with van der Waals surface area (Å²) in [7, 11) is 1.71. The first-order valence-corrected chi connectivity index (χ1v) is 9.97. The summed E-state index contributed by atoms with van der Waals surface area (Å²) in [5.41, 5.74) is 3.45. The number of benzene rings is 2.